The number of hydrogen-bond acceptors (Lipinski definition) is 5. The van der Waals surface area contributed by atoms with Crippen molar-refractivity contribution in [3.8, 4) is 0 Å². The van der Waals surface area contributed by atoms with Crippen LogP contribution in [0.25, 0.3) is 0 Å². The van der Waals surface area contributed by atoms with Crippen LogP contribution in [0.15, 0.2) is 5.16 Å². The van der Waals surface area contributed by atoms with Crippen molar-refractivity contribution in [1.29, 1.82) is 0 Å². The Hall–Kier alpha value is -0.850. The number of nitrogens with zero attached hydrogens (tertiary/aromatic N) is 1. The quantitative estimate of drug-likeness (QED) is 0.135. The number of hydrogen-bond donors (Lipinski definition) is 5. The van der Waals surface area contributed by atoms with Gasteiger partial charge in [-0.15, -0.1) is 0 Å². The first-order valence-corrected chi connectivity index (χ1v) is 3.16. The Morgan fingerprint density at radius 3 is 2.36 bits per heavy atom. The van der Waals surface area contributed by atoms with Gasteiger partial charge in [0.1, 0.15) is 0 Å². The van der Waals surface area contributed by atoms with Crippen molar-refractivity contribution in [2.45, 2.75) is 6.04 Å². The van der Waals surface area contributed by atoms with Gasteiger partial charge in [-0.3, -0.25) is 0 Å². The summed E-state index contributed by atoms with van der Waals surface area (Å²) in [6, 6.07) is -0.421. The monoisotopic (exact) mass is 163 g/mol. The lowest BCUT2D eigenvalue weighted by Crippen LogP contribution is -2.41. The van der Waals surface area contributed by atoms with Crippen molar-refractivity contribution in [2.24, 2.45) is 10.9 Å². The highest BCUT2D eigenvalue weighted by atomic mass is 16.4. The summed E-state index contributed by atoms with van der Waals surface area (Å²) in [6.45, 7) is -0.229. The van der Waals surface area contributed by atoms with Crippen LogP contribution >= 0.6 is 0 Å². The maximum Gasteiger partial charge on any atom is 0.153 e. The molecule has 66 valence electrons. The fourth-order valence-electron chi connectivity index (χ4n) is 0.471. The molecule has 11 heavy (non-hydrogen) atoms. The topological polar surface area (TPSA) is 111 Å². The summed E-state index contributed by atoms with van der Waals surface area (Å²) in [5.74, 6) is 0.0110. The molecule has 6 nitrogen and oxygen atoms in total. The van der Waals surface area contributed by atoms with E-state index >= 15 is 0 Å². The van der Waals surface area contributed by atoms with Crippen LogP contribution in [-0.2, 0) is 0 Å². The van der Waals surface area contributed by atoms with Gasteiger partial charge in [0.2, 0.25) is 0 Å². The average molecular weight is 163 g/mol. The van der Waals surface area contributed by atoms with Crippen LogP contribution in [0.3, 0.4) is 0 Å². The molecule has 0 saturated carbocycles. The van der Waals surface area contributed by atoms with Gasteiger partial charge >= 0.3 is 0 Å². The van der Waals surface area contributed by atoms with Crippen molar-refractivity contribution in [3.05, 3.63) is 0 Å². The molecule has 0 aliphatic heterocycles. The van der Waals surface area contributed by atoms with Crippen molar-refractivity contribution in [1.82, 2.24) is 5.32 Å². The summed E-state index contributed by atoms with van der Waals surface area (Å²) >= 11 is 0. The summed E-state index contributed by atoms with van der Waals surface area (Å²) in [5.41, 5.74) is 5.10. The molecule has 6 heteroatoms. The van der Waals surface area contributed by atoms with Crippen LogP contribution in [0, 0.1) is 0 Å². The lowest BCUT2D eigenvalue weighted by Gasteiger charge is -2.11. The highest BCUT2D eigenvalue weighted by Gasteiger charge is 2.04. The number of nitrogens with two attached hydrogens (primary N) is 1. The Morgan fingerprint density at radius 1 is 1.45 bits per heavy atom. The molecule has 0 aromatic heterocycles. The summed E-state index contributed by atoms with van der Waals surface area (Å²) in [5, 5.41) is 30.5. The first kappa shape index (κ1) is 10.2. The lowest BCUT2D eigenvalue weighted by molar-refractivity contribution is 0.174. The van der Waals surface area contributed by atoms with E-state index in [1.165, 1.54) is 0 Å². The normalized spacial score (nSPS) is 12.5. The largest absolute Gasteiger partial charge is 0.409 e. The number of amidine groups is 1. The predicted octanol–water partition coefficient (Wildman–Crippen LogP) is -2.32. The maximum atomic E-state index is 8.55. The van der Waals surface area contributed by atoms with Crippen molar-refractivity contribution in [2.75, 3.05) is 19.8 Å². The third-order valence-electron chi connectivity index (χ3n) is 1.14. The van der Waals surface area contributed by atoms with Crippen LogP contribution in [0.2, 0.25) is 0 Å². The molecule has 0 aliphatic carbocycles. The zero-order chi connectivity index (χ0) is 8.69. The molecular formula is C5H13N3O3. The molecule has 0 aromatic rings. The van der Waals surface area contributed by atoms with Crippen LogP contribution < -0.4 is 11.1 Å². The van der Waals surface area contributed by atoms with Crippen LogP contribution in [0.5, 0.6) is 0 Å². The highest BCUT2D eigenvalue weighted by molar-refractivity contribution is 5.81. The van der Waals surface area contributed by atoms with E-state index in [1.54, 1.807) is 0 Å². The van der Waals surface area contributed by atoms with Crippen LogP contribution in [0.4, 0.5) is 0 Å². The van der Waals surface area contributed by atoms with E-state index in [9.17, 15) is 0 Å². The van der Waals surface area contributed by atoms with Gasteiger partial charge in [-0.25, -0.2) is 0 Å². The molecule has 6 N–H and O–H groups in total. The zero-order valence-electron chi connectivity index (χ0n) is 6.06. The van der Waals surface area contributed by atoms with E-state index in [2.05, 4.69) is 10.5 Å². The second kappa shape index (κ2) is 5.90. The van der Waals surface area contributed by atoms with Crippen molar-refractivity contribution < 1.29 is 15.4 Å². The van der Waals surface area contributed by atoms with E-state index in [0.29, 0.717) is 0 Å². The smallest absolute Gasteiger partial charge is 0.153 e. The Bertz CT molecular complexity index is 124. The van der Waals surface area contributed by atoms with Crippen molar-refractivity contribution in [3.63, 3.8) is 0 Å². The molecule has 0 aliphatic rings. The molecule has 0 saturated heterocycles. The number of nitrogens with one attached hydrogen (secondary N) is 1. The average Bonchev–Trinajstić information content (AvgIpc) is 2.06. The molecule has 0 rings (SSSR count). The predicted molar refractivity (Wildman–Crippen MR) is 39.4 cm³/mol. The van der Waals surface area contributed by atoms with Crippen LogP contribution in [-0.4, -0.2) is 47.1 Å². The molecule has 0 unspecified atom stereocenters. The first-order chi connectivity index (χ1) is 5.24. The number of rotatable bonds is 5. The summed E-state index contributed by atoms with van der Waals surface area (Å²) < 4.78 is 0. The van der Waals surface area contributed by atoms with E-state index in [4.69, 9.17) is 21.2 Å². The molecule has 0 fully saturated rings. The van der Waals surface area contributed by atoms with Gasteiger partial charge in [-0.2, -0.15) is 0 Å². The minimum atomic E-state index is -0.421. The number of oxime groups is 1. The fraction of sp³-hybridized carbons (Fsp3) is 0.800. The summed E-state index contributed by atoms with van der Waals surface area (Å²) in [4.78, 5) is 0. The van der Waals surface area contributed by atoms with Gasteiger partial charge < -0.3 is 26.5 Å². The molecule has 0 atom stereocenters. The van der Waals surface area contributed by atoms with E-state index in [1.807, 2.05) is 0 Å². The molecule has 0 radical (unpaired) electrons. The minimum absolute atomic E-state index is 0.0110. The first-order valence-electron chi connectivity index (χ1n) is 3.16. The Morgan fingerprint density at radius 2 is 2.00 bits per heavy atom. The number of aliphatic hydroxyl groups is 2. The second-order valence-electron chi connectivity index (χ2n) is 2.03. The second-order valence-corrected chi connectivity index (χ2v) is 2.03. The van der Waals surface area contributed by atoms with Gasteiger partial charge in [-0.05, 0) is 0 Å². The van der Waals surface area contributed by atoms with E-state index in [-0.39, 0.29) is 25.6 Å². The molecule has 0 heterocycles. The Labute approximate surface area is 64.3 Å². The number of aliphatic hydroxyl groups excluding tert-OH is 2. The van der Waals surface area contributed by atoms with Crippen molar-refractivity contribution >= 4 is 5.84 Å². The molecule has 0 aromatic carbocycles. The third kappa shape index (κ3) is 4.54. The van der Waals surface area contributed by atoms with Gasteiger partial charge in [0.15, 0.2) is 5.84 Å². The maximum absolute atomic E-state index is 8.55. The standard InChI is InChI=1S/C5H13N3O3/c6-5(8-11)1-7-4(2-9)3-10/h4,7,9-11H,1-3H2,(H2,6,8). The van der Waals surface area contributed by atoms with Gasteiger partial charge in [-0.1, -0.05) is 5.16 Å². The Kier molecular flexibility index (Phi) is 5.44. The Balaban J connectivity index is 3.50. The summed E-state index contributed by atoms with van der Waals surface area (Å²) in [6.07, 6.45) is 0. The zero-order valence-corrected chi connectivity index (χ0v) is 6.06. The van der Waals surface area contributed by atoms with Gasteiger partial charge in [0, 0.05) is 0 Å². The molecular weight excluding hydrogens is 150 g/mol. The van der Waals surface area contributed by atoms with Crippen LogP contribution in [0.1, 0.15) is 0 Å². The van der Waals surface area contributed by atoms with E-state index < -0.39 is 6.04 Å². The molecule has 0 spiro atoms. The van der Waals surface area contributed by atoms with Gasteiger partial charge in [0.25, 0.3) is 0 Å². The van der Waals surface area contributed by atoms with E-state index in [0.717, 1.165) is 0 Å². The highest BCUT2D eigenvalue weighted by Crippen LogP contribution is 1.77. The summed E-state index contributed by atoms with van der Waals surface area (Å²) in [7, 11) is 0. The lowest BCUT2D eigenvalue weighted by atomic mass is 10.3. The minimum Gasteiger partial charge on any atom is -0.409 e. The molecule has 0 amide bonds. The fourth-order valence-corrected chi connectivity index (χ4v) is 0.471. The SMILES string of the molecule is NC(CNC(CO)CO)=NO. The van der Waals surface area contributed by atoms with Gasteiger partial charge in [0.05, 0.1) is 25.8 Å². The third-order valence-corrected chi connectivity index (χ3v) is 1.14. The molecule has 0 bridgehead atoms.